The van der Waals surface area contributed by atoms with Gasteiger partial charge in [0.15, 0.2) is 0 Å². The minimum Gasteiger partial charge on any atom is -0.491 e. The van der Waals surface area contributed by atoms with Gasteiger partial charge < -0.3 is 19.4 Å². The Balaban J connectivity index is 1.67. The normalized spacial score (nSPS) is 10.8. The maximum absolute atomic E-state index is 14.2. The fraction of sp³-hybridized carbons (Fsp3) is 0.261. The SMILES string of the molecule is COCCOc1ccc(CNC(=O)c2cc(C)n(-c3ccccc3F)c2C)cc1. The van der Waals surface area contributed by atoms with Crippen LogP contribution in [-0.2, 0) is 11.3 Å². The number of halogens is 1. The minimum atomic E-state index is -0.325. The van der Waals surface area contributed by atoms with Crippen LogP contribution in [0.4, 0.5) is 4.39 Å². The number of hydrogen-bond acceptors (Lipinski definition) is 3. The van der Waals surface area contributed by atoms with E-state index in [9.17, 15) is 9.18 Å². The van der Waals surface area contributed by atoms with Crippen LogP contribution in [-0.4, -0.2) is 30.8 Å². The average molecular weight is 396 g/mol. The number of carbonyl (C=O) groups excluding carboxylic acids is 1. The molecular weight excluding hydrogens is 371 g/mol. The molecule has 1 N–H and O–H groups in total. The molecule has 1 heterocycles. The van der Waals surface area contributed by atoms with E-state index in [1.165, 1.54) is 6.07 Å². The van der Waals surface area contributed by atoms with Crippen molar-refractivity contribution >= 4 is 5.91 Å². The number of carbonyl (C=O) groups is 1. The molecule has 6 heteroatoms. The van der Waals surface area contributed by atoms with Crippen LogP contribution in [0.15, 0.2) is 54.6 Å². The first kappa shape index (κ1) is 20.6. The van der Waals surface area contributed by atoms with Gasteiger partial charge in [-0.15, -0.1) is 0 Å². The van der Waals surface area contributed by atoms with Crippen LogP contribution < -0.4 is 10.1 Å². The third-order valence-electron chi connectivity index (χ3n) is 4.70. The molecule has 0 saturated heterocycles. The van der Waals surface area contributed by atoms with Gasteiger partial charge in [0, 0.05) is 25.0 Å². The van der Waals surface area contributed by atoms with Gasteiger partial charge in [-0.2, -0.15) is 0 Å². The first-order valence-electron chi connectivity index (χ1n) is 9.44. The van der Waals surface area contributed by atoms with Crippen molar-refractivity contribution in [1.29, 1.82) is 0 Å². The summed E-state index contributed by atoms with van der Waals surface area (Å²) in [6, 6.07) is 15.9. The second-order valence-electron chi connectivity index (χ2n) is 6.74. The molecule has 0 radical (unpaired) electrons. The summed E-state index contributed by atoms with van der Waals surface area (Å²) < 4.78 is 26.5. The van der Waals surface area contributed by atoms with Crippen LogP contribution in [0, 0.1) is 19.7 Å². The number of benzene rings is 2. The molecular formula is C23H25FN2O3. The molecule has 3 aromatic rings. The summed E-state index contributed by atoms with van der Waals surface area (Å²) in [5.74, 6) is 0.237. The van der Waals surface area contributed by atoms with Gasteiger partial charge in [0.05, 0.1) is 17.9 Å². The van der Waals surface area contributed by atoms with E-state index in [2.05, 4.69) is 5.32 Å². The molecule has 0 atom stereocenters. The molecule has 0 fully saturated rings. The van der Waals surface area contributed by atoms with E-state index >= 15 is 0 Å². The van der Waals surface area contributed by atoms with E-state index in [0.717, 1.165) is 17.0 Å². The Labute approximate surface area is 170 Å². The average Bonchev–Trinajstić information content (AvgIpc) is 3.02. The predicted octanol–water partition coefficient (Wildman–Crippen LogP) is 4.19. The molecule has 0 unspecified atom stereocenters. The number of aromatic nitrogens is 1. The zero-order valence-corrected chi connectivity index (χ0v) is 16.9. The molecule has 1 amide bonds. The summed E-state index contributed by atoms with van der Waals surface area (Å²) in [5.41, 5.74) is 3.43. The van der Waals surface area contributed by atoms with E-state index in [-0.39, 0.29) is 11.7 Å². The summed E-state index contributed by atoms with van der Waals surface area (Å²) in [5, 5.41) is 2.93. The highest BCUT2D eigenvalue weighted by atomic mass is 19.1. The van der Waals surface area contributed by atoms with E-state index in [4.69, 9.17) is 9.47 Å². The first-order valence-corrected chi connectivity index (χ1v) is 9.44. The lowest BCUT2D eigenvalue weighted by Crippen LogP contribution is -2.23. The zero-order chi connectivity index (χ0) is 20.8. The Morgan fingerprint density at radius 2 is 1.79 bits per heavy atom. The van der Waals surface area contributed by atoms with Gasteiger partial charge >= 0.3 is 0 Å². The van der Waals surface area contributed by atoms with Crippen molar-refractivity contribution in [3.8, 4) is 11.4 Å². The second kappa shape index (κ2) is 9.39. The van der Waals surface area contributed by atoms with Crippen molar-refractivity contribution in [1.82, 2.24) is 9.88 Å². The molecule has 3 rings (SSSR count). The van der Waals surface area contributed by atoms with Gasteiger partial charge in [-0.3, -0.25) is 4.79 Å². The van der Waals surface area contributed by atoms with Crippen molar-refractivity contribution in [3.05, 3.63) is 82.9 Å². The van der Waals surface area contributed by atoms with Crippen LogP contribution in [0.25, 0.3) is 5.69 Å². The number of rotatable bonds is 8. The van der Waals surface area contributed by atoms with E-state index in [1.807, 2.05) is 38.1 Å². The molecule has 29 heavy (non-hydrogen) atoms. The highest BCUT2D eigenvalue weighted by Crippen LogP contribution is 2.23. The minimum absolute atomic E-state index is 0.193. The predicted molar refractivity (Wildman–Crippen MR) is 110 cm³/mol. The van der Waals surface area contributed by atoms with Crippen molar-refractivity contribution in [2.24, 2.45) is 0 Å². The summed E-state index contributed by atoms with van der Waals surface area (Å²) >= 11 is 0. The van der Waals surface area contributed by atoms with Crippen LogP contribution in [0.1, 0.15) is 27.3 Å². The molecule has 1 aromatic heterocycles. The van der Waals surface area contributed by atoms with Crippen LogP contribution in [0.2, 0.25) is 0 Å². The number of amides is 1. The number of nitrogens with one attached hydrogen (secondary N) is 1. The highest BCUT2D eigenvalue weighted by molar-refractivity contribution is 5.95. The lowest BCUT2D eigenvalue weighted by Gasteiger charge is -2.11. The Morgan fingerprint density at radius 3 is 2.48 bits per heavy atom. The Bertz CT molecular complexity index is 980. The number of para-hydroxylation sites is 1. The summed E-state index contributed by atoms with van der Waals surface area (Å²) in [6.07, 6.45) is 0. The quantitative estimate of drug-likeness (QED) is 0.581. The highest BCUT2D eigenvalue weighted by Gasteiger charge is 2.18. The summed E-state index contributed by atoms with van der Waals surface area (Å²) in [6.45, 7) is 5.09. The number of aryl methyl sites for hydroxylation is 1. The number of hydrogen-bond donors (Lipinski definition) is 1. The third kappa shape index (κ3) is 4.84. The van der Waals surface area contributed by atoms with Crippen molar-refractivity contribution in [3.63, 3.8) is 0 Å². The van der Waals surface area contributed by atoms with Crippen molar-refractivity contribution in [2.75, 3.05) is 20.3 Å². The number of nitrogens with zero attached hydrogens (tertiary/aromatic N) is 1. The summed E-state index contributed by atoms with van der Waals surface area (Å²) in [7, 11) is 1.63. The molecule has 0 aliphatic heterocycles. The van der Waals surface area contributed by atoms with Crippen LogP contribution >= 0.6 is 0 Å². The van der Waals surface area contributed by atoms with Gasteiger partial charge in [0.25, 0.3) is 5.91 Å². The van der Waals surface area contributed by atoms with Crippen molar-refractivity contribution in [2.45, 2.75) is 20.4 Å². The van der Waals surface area contributed by atoms with Crippen LogP contribution in [0.3, 0.4) is 0 Å². The first-order chi connectivity index (χ1) is 14.0. The second-order valence-corrected chi connectivity index (χ2v) is 6.74. The molecule has 0 aliphatic carbocycles. The number of methoxy groups -OCH3 is 1. The van der Waals surface area contributed by atoms with E-state index in [0.29, 0.717) is 36.7 Å². The smallest absolute Gasteiger partial charge is 0.253 e. The molecule has 0 bridgehead atoms. The molecule has 0 aliphatic rings. The standard InChI is InChI=1S/C23H25FN2O3/c1-16-14-20(17(2)26(16)22-7-5-4-6-21(22)24)23(27)25-15-18-8-10-19(11-9-18)29-13-12-28-3/h4-11,14H,12-13,15H2,1-3H3,(H,25,27). The maximum Gasteiger partial charge on any atom is 0.253 e. The zero-order valence-electron chi connectivity index (χ0n) is 16.9. The van der Waals surface area contributed by atoms with Crippen molar-refractivity contribution < 1.29 is 18.7 Å². The molecule has 152 valence electrons. The van der Waals surface area contributed by atoms with E-state index < -0.39 is 0 Å². The van der Waals surface area contributed by atoms with Gasteiger partial charge in [-0.05, 0) is 49.7 Å². The molecule has 5 nitrogen and oxygen atoms in total. The molecule has 0 spiro atoms. The Hall–Kier alpha value is -3.12. The molecule has 2 aromatic carbocycles. The number of ether oxygens (including phenoxy) is 2. The van der Waals surface area contributed by atoms with Gasteiger partial charge in [0.2, 0.25) is 0 Å². The fourth-order valence-electron chi connectivity index (χ4n) is 3.22. The van der Waals surface area contributed by atoms with Gasteiger partial charge in [0.1, 0.15) is 18.2 Å². The lowest BCUT2D eigenvalue weighted by atomic mass is 10.2. The summed E-state index contributed by atoms with van der Waals surface area (Å²) in [4.78, 5) is 12.7. The van der Waals surface area contributed by atoms with Crippen LogP contribution in [0.5, 0.6) is 5.75 Å². The van der Waals surface area contributed by atoms with Gasteiger partial charge in [-0.25, -0.2) is 4.39 Å². The Morgan fingerprint density at radius 1 is 1.07 bits per heavy atom. The van der Waals surface area contributed by atoms with Gasteiger partial charge in [-0.1, -0.05) is 24.3 Å². The largest absolute Gasteiger partial charge is 0.491 e. The Kier molecular flexibility index (Phi) is 6.67. The molecule has 0 saturated carbocycles. The fourth-order valence-corrected chi connectivity index (χ4v) is 3.22. The van der Waals surface area contributed by atoms with E-state index in [1.54, 1.807) is 35.9 Å². The monoisotopic (exact) mass is 396 g/mol. The lowest BCUT2D eigenvalue weighted by molar-refractivity contribution is 0.0950. The maximum atomic E-state index is 14.2. The third-order valence-corrected chi connectivity index (χ3v) is 4.70. The topological polar surface area (TPSA) is 52.5 Å².